The van der Waals surface area contributed by atoms with Crippen LogP contribution in [0.3, 0.4) is 0 Å². The molecule has 5 nitrogen and oxygen atoms in total. The predicted octanol–water partition coefficient (Wildman–Crippen LogP) is 0.983. The number of amides is 1. The third-order valence-electron chi connectivity index (χ3n) is 4.42. The molecule has 0 aromatic heterocycles. The van der Waals surface area contributed by atoms with Gasteiger partial charge in [0.25, 0.3) is 0 Å². The molecule has 4 N–H and O–H groups in total. The molecule has 3 atom stereocenters. The molecule has 0 aliphatic carbocycles. The SMILES string of the molecule is CC(C(=O)NN)c1ccc(CN2CCC(C)C(O)C2)cc1. The van der Waals surface area contributed by atoms with Crippen molar-refractivity contribution in [2.75, 3.05) is 13.1 Å². The van der Waals surface area contributed by atoms with Crippen molar-refractivity contribution in [2.45, 2.75) is 38.8 Å². The zero-order chi connectivity index (χ0) is 15.4. The first-order valence-corrected chi connectivity index (χ1v) is 7.51. The molecule has 5 heteroatoms. The van der Waals surface area contributed by atoms with E-state index in [2.05, 4.69) is 17.2 Å². The van der Waals surface area contributed by atoms with Crippen molar-refractivity contribution in [1.82, 2.24) is 10.3 Å². The number of β-amino-alcohol motifs (C(OH)–C–C–N with tert-alkyl or cyclic N) is 1. The molecule has 1 heterocycles. The first kappa shape index (κ1) is 15.9. The van der Waals surface area contributed by atoms with E-state index in [-0.39, 0.29) is 17.9 Å². The molecule has 1 aliphatic rings. The lowest BCUT2D eigenvalue weighted by Crippen LogP contribution is -2.42. The summed E-state index contributed by atoms with van der Waals surface area (Å²) in [5.74, 6) is 5.11. The average Bonchev–Trinajstić information content (AvgIpc) is 2.50. The molecule has 1 aliphatic heterocycles. The van der Waals surface area contributed by atoms with Gasteiger partial charge >= 0.3 is 0 Å². The summed E-state index contributed by atoms with van der Waals surface area (Å²) in [6.45, 7) is 6.52. The summed E-state index contributed by atoms with van der Waals surface area (Å²) in [4.78, 5) is 13.8. The van der Waals surface area contributed by atoms with Crippen LogP contribution in [-0.2, 0) is 11.3 Å². The van der Waals surface area contributed by atoms with E-state index in [0.29, 0.717) is 5.92 Å². The molecule has 1 aromatic rings. The van der Waals surface area contributed by atoms with E-state index in [4.69, 9.17) is 5.84 Å². The summed E-state index contributed by atoms with van der Waals surface area (Å²) in [5.41, 5.74) is 4.33. The van der Waals surface area contributed by atoms with Crippen LogP contribution in [0.25, 0.3) is 0 Å². The van der Waals surface area contributed by atoms with Gasteiger partial charge in [-0.15, -0.1) is 0 Å². The van der Waals surface area contributed by atoms with Crippen molar-refractivity contribution in [1.29, 1.82) is 0 Å². The molecule has 116 valence electrons. The lowest BCUT2D eigenvalue weighted by molar-refractivity contribution is -0.122. The maximum atomic E-state index is 11.5. The van der Waals surface area contributed by atoms with Gasteiger partial charge in [-0.3, -0.25) is 15.1 Å². The first-order valence-electron chi connectivity index (χ1n) is 7.51. The molecule has 0 spiro atoms. The zero-order valence-electron chi connectivity index (χ0n) is 12.7. The molecule has 1 aromatic carbocycles. The van der Waals surface area contributed by atoms with E-state index in [1.165, 1.54) is 5.56 Å². The largest absolute Gasteiger partial charge is 0.392 e. The van der Waals surface area contributed by atoms with Crippen molar-refractivity contribution in [3.05, 3.63) is 35.4 Å². The van der Waals surface area contributed by atoms with E-state index >= 15 is 0 Å². The molecule has 0 saturated carbocycles. The number of hydrazine groups is 1. The number of rotatable bonds is 4. The number of aliphatic hydroxyl groups excluding tert-OH is 1. The van der Waals surface area contributed by atoms with Gasteiger partial charge in [-0.2, -0.15) is 0 Å². The van der Waals surface area contributed by atoms with Crippen LogP contribution in [0.4, 0.5) is 0 Å². The van der Waals surface area contributed by atoms with Crippen LogP contribution in [0.1, 0.15) is 37.3 Å². The lowest BCUT2D eigenvalue weighted by atomic mass is 9.95. The Bertz CT molecular complexity index is 475. The summed E-state index contributed by atoms with van der Waals surface area (Å²) in [7, 11) is 0. The smallest absolute Gasteiger partial charge is 0.241 e. The second-order valence-corrected chi connectivity index (χ2v) is 6.04. The van der Waals surface area contributed by atoms with Gasteiger partial charge < -0.3 is 5.11 Å². The number of nitrogens with zero attached hydrogens (tertiary/aromatic N) is 1. The Morgan fingerprint density at radius 2 is 2.14 bits per heavy atom. The fourth-order valence-electron chi connectivity index (χ4n) is 2.70. The maximum absolute atomic E-state index is 11.5. The monoisotopic (exact) mass is 291 g/mol. The number of hydrogen-bond donors (Lipinski definition) is 3. The van der Waals surface area contributed by atoms with Crippen LogP contribution >= 0.6 is 0 Å². The molecular weight excluding hydrogens is 266 g/mol. The van der Waals surface area contributed by atoms with Crippen molar-refractivity contribution >= 4 is 5.91 Å². The quantitative estimate of drug-likeness (QED) is 0.439. The summed E-state index contributed by atoms with van der Waals surface area (Å²) in [6, 6.07) is 8.02. The molecule has 0 bridgehead atoms. The highest BCUT2D eigenvalue weighted by Gasteiger charge is 2.24. The molecule has 0 radical (unpaired) electrons. The van der Waals surface area contributed by atoms with E-state index in [0.717, 1.165) is 31.6 Å². The highest BCUT2D eigenvalue weighted by molar-refractivity contribution is 5.82. The molecule has 2 rings (SSSR count). The van der Waals surface area contributed by atoms with Crippen LogP contribution < -0.4 is 11.3 Å². The topological polar surface area (TPSA) is 78.6 Å². The fourth-order valence-corrected chi connectivity index (χ4v) is 2.70. The van der Waals surface area contributed by atoms with E-state index in [1.54, 1.807) is 0 Å². The van der Waals surface area contributed by atoms with Gasteiger partial charge in [-0.1, -0.05) is 31.2 Å². The number of carbonyl (C=O) groups excluding carboxylic acids is 1. The molecule has 1 amide bonds. The summed E-state index contributed by atoms with van der Waals surface area (Å²) in [5, 5.41) is 9.93. The van der Waals surface area contributed by atoms with Gasteiger partial charge in [-0.05, 0) is 36.9 Å². The molecule has 1 fully saturated rings. The molecular formula is C16H25N3O2. The number of carbonyl (C=O) groups is 1. The Kier molecular flexibility index (Phi) is 5.33. The summed E-state index contributed by atoms with van der Waals surface area (Å²) in [6.07, 6.45) is 0.804. The molecule has 1 saturated heterocycles. The number of benzene rings is 1. The number of hydrogen-bond acceptors (Lipinski definition) is 4. The van der Waals surface area contributed by atoms with Gasteiger partial charge in [0.15, 0.2) is 0 Å². The summed E-state index contributed by atoms with van der Waals surface area (Å²) < 4.78 is 0. The van der Waals surface area contributed by atoms with Crippen molar-refractivity contribution in [2.24, 2.45) is 11.8 Å². The highest BCUT2D eigenvalue weighted by Crippen LogP contribution is 2.20. The van der Waals surface area contributed by atoms with Crippen LogP contribution in [-0.4, -0.2) is 35.1 Å². The van der Waals surface area contributed by atoms with Gasteiger partial charge in [0.1, 0.15) is 0 Å². The first-order chi connectivity index (χ1) is 10.0. The number of likely N-dealkylation sites (tertiary alicyclic amines) is 1. The van der Waals surface area contributed by atoms with Gasteiger partial charge in [-0.25, -0.2) is 5.84 Å². The van der Waals surface area contributed by atoms with E-state index < -0.39 is 0 Å². The van der Waals surface area contributed by atoms with Gasteiger partial charge in [0, 0.05) is 13.1 Å². The van der Waals surface area contributed by atoms with Crippen molar-refractivity contribution in [3.63, 3.8) is 0 Å². The van der Waals surface area contributed by atoms with Gasteiger partial charge in [0.2, 0.25) is 5.91 Å². The van der Waals surface area contributed by atoms with Crippen LogP contribution in [0.15, 0.2) is 24.3 Å². The number of aliphatic hydroxyl groups is 1. The van der Waals surface area contributed by atoms with Gasteiger partial charge in [0.05, 0.1) is 12.0 Å². The van der Waals surface area contributed by atoms with Crippen LogP contribution in [0.2, 0.25) is 0 Å². The minimum atomic E-state index is -0.248. The number of nitrogens with one attached hydrogen (secondary N) is 1. The molecule has 3 unspecified atom stereocenters. The van der Waals surface area contributed by atoms with Crippen molar-refractivity contribution < 1.29 is 9.90 Å². The third-order valence-corrected chi connectivity index (χ3v) is 4.42. The second kappa shape index (κ2) is 7.02. The Hall–Kier alpha value is -1.43. The minimum Gasteiger partial charge on any atom is -0.392 e. The minimum absolute atomic E-state index is 0.184. The fraction of sp³-hybridized carbons (Fsp3) is 0.562. The Morgan fingerprint density at radius 3 is 2.71 bits per heavy atom. The number of piperidine rings is 1. The van der Waals surface area contributed by atoms with E-state index in [9.17, 15) is 9.90 Å². The normalized spacial score (nSPS) is 24.6. The predicted molar refractivity (Wildman–Crippen MR) is 82.3 cm³/mol. The second-order valence-electron chi connectivity index (χ2n) is 6.04. The Labute approximate surface area is 126 Å². The summed E-state index contributed by atoms with van der Waals surface area (Å²) >= 11 is 0. The van der Waals surface area contributed by atoms with Crippen LogP contribution in [0.5, 0.6) is 0 Å². The lowest BCUT2D eigenvalue weighted by Gasteiger charge is -2.34. The number of nitrogens with two attached hydrogens (primary N) is 1. The zero-order valence-corrected chi connectivity index (χ0v) is 12.7. The third kappa shape index (κ3) is 4.03. The van der Waals surface area contributed by atoms with Crippen molar-refractivity contribution in [3.8, 4) is 0 Å². The molecule has 21 heavy (non-hydrogen) atoms. The standard InChI is InChI=1S/C16H25N3O2/c1-11-7-8-19(10-15(11)20)9-13-3-5-14(6-4-13)12(2)16(21)18-17/h3-6,11-12,15,20H,7-10,17H2,1-2H3,(H,18,21). The van der Waals surface area contributed by atoms with E-state index in [1.807, 2.05) is 31.2 Å². The average molecular weight is 291 g/mol. The Morgan fingerprint density at radius 1 is 1.48 bits per heavy atom. The maximum Gasteiger partial charge on any atom is 0.241 e. The highest BCUT2D eigenvalue weighted by atomic mass is 16.3. The van der Waals surface area contributed by atoms with Crippen LogP contribution in [0, 0.1) is 5.92 Å². The Balaban J connectivity index is 1.95.